The van der Waals surface area contributed by atoms with Gasteiger partial charge in [0.15, 0.2) is 0 Å². The summed E-state index contributed by atoms with van der Waals surface area (Å²) in [7, 11) is 0. The number of hydrogen-bond acceptors (Lipinski definition) is 3. The number of anilines is 2. The van der Waals surface area contributed by atoms with Crippen LogP contribution in [-0.2, 0) is 4.79 Å². The number of benzene rings is 2. The second kappa shape index (κ2) is 8.96. The molecule has 1 N–H and O–H groups in total. The Morgan fingerprint density at radius 1 is 1.12 bits per heavy atom. The molecule has 0 saturated heterocycles. The lowest BCUT2D eigenvalue weighted by Gasteiger charge is -2.21. The van der Waals surface area contributed by atoms with Gasteiger partial charge in [0, 0.05) is 24.0 Å². The average molecular weight is 326 g/mol. The van der Waals surface area contributed by atoms with Crippen molar-refractivity contribution < 1.29 is 9.53 Å². The molecule has 24 heavy (non-hydrogen) atoms. The summed E-state index contributed by atoms with van der Waals surface area (Å²) in [6.07, 6.45) is 1.13. The van der Waals surface area contributed by atoms with Gasteiger partial charge in [-0.05, 0) is 44.5 Å². The third kappa shape index (κ3) is 5.01. The zero-order chi connectivity index (χ0) is 17.4. The van der Waals surface area contributed by atoms with Gasteiger partial charge in [0.25, 0.3) is 0 Å². The van der Waals surface area contributed by atoms with Gasteiger partial charge in [-0.2, -0.15) is 0 Å². The second-order valence-electron chi connectivity index (χ2n) is 5.69. The Bertz CT molecular complexity index is 643. The molecule has 1 amide bonds. The molecule has 0 aliphatic carbocycles. The van der Waals surface area contributed by atoms with Crippen LogP contribution in [0.5, 0.6) is 5.75 Å². The largest absolute Gasteiger partial charge is 0.491 e. The molecule has 0 bridgehead atoms. The van der Waals surface area contributed by atoms with E-state index in [1.54, 1.807) is 4.90 Å². The summed E-state index contributed by atoms with van der Waals surface area (Å²) >= 11 is 0. The highest BCUT2D eigenvalue weighted by Crippen LogP contribution is 2.19. The Labute approximate surface area is 144 Å². The van der Waals surface area contributed by atoms with Crippen LogP contribution >= 0.6 is 0 Å². The Balaban J connectivity index is 1.97. The van der Waals surface area contributed by atoms with E-state index in [0.717, 1.165) is 23.5 Å². The lowest BCUT2D eigenvalue weighted by Crippen LogP contribution is -2.35. The SMILES string of the molecule is CCC(C)Oc1cccc(NCC(=O)N(CC)c2ccccc2)c1. The van der Waals surface area contributed by atoms with Gasteiger partial charge in [0.2, 0.25) is 5.91 Å². The van der Waals surface area contributed by atoms with E-state index in [0.29, 0.717) is 6.54 Å². The number of para-hydroxylation sites is 1. The van der Waals surface area contributed by atoms with E-state index in [1.165, 1.54) is 0 Å². The molecule has 2 aromatic carbocycles. The molecule has 0 spiro atoms. The van der Waals surface area contributed by atoms with E-state index in [-0.39, 0.29) is 18.6 Å². The van der Waals surface area contributed by atoms with Crippen LogP contribution in [0, 0.1) is 0 Å². The fraction of sp³-hybridized carbons (Fsp3) is 0.350. The molecule has 2 aromatic rings. The molecule has 0 aliphatic rings. The molecular weight excluding hydrogens is 300 g/mol. The van der Waals surface area contributed by atoms with E-state index in [1.807, 2.05) is 68.4 Å². The number of nitrogens with zero attached hydrogens (tertiary/aromatic N) is 1. The lowest BCUT2D eigenvalue weighted by molar-refractivity contribution is -0.116. The fourth-order valence-corrected chi connectivity index (χ4v) is 2.38. The van der Waals surface area contributed by atoms with Gasteiger partial charge < -0.3 is 15.0 Å². The quantitative estimate of drug-likeness (QED) is 0.785. The second-order valence-corrected chi connectivity index (χ2v) is 5.69. The highest BCUT2D eigenvalue weighted by molar-refractivity contribution is 5.96. The topological polar surface area (TPSA) is 41.6 Å². The van der Waals surface area contributed by atoms with E-state index >= 15 is 0 Å². The van der Waals surface area contributed by atoms with Crippen LogP contribution < -0.4 is 15.0 Å². The maximum absolute atomic E-state index is 12.5. The van der Waals surface area contributed by atoms with Crippen molar-refractivity contribution in [3.63, 3.8) is 0 Å². The molecule has 4 nitrogen and oxygen atoms in total. The third-order valence-corrected chi connectivity index (χ3v) is 3.88. The number of ether oxygens (including phenoxy) is 1. The molecule has 2 rings (SSSR count). The summed E-state index contributed by atoms with van der Waals surface area (Å²) in [5.74, 6) is 0.856. The minimum absolute atomic E-state index is 0.0388. The first-order valence-electron chi connectivity index (χ1n) is 8.50. The Hall–Kier alpha value is -2.49. The number of nitrogens with one attached hydrogen (secondary N) is 1. The first kappa shape index (κ1) is 17.9. The fourth-order valence-electron chi connectivity index (χ4n) is 2.38. The highest BCUT2D eigenvalue weighted by Gasteiger charge is 2.13. The molecule has 4 heteroatoms. The maximum Gasteiger partial charge on any atom is 0.246 e. The van der Waals surface area contributed by atoms with E-state index < -0.39 is 0 Å². The lowest BCUT2D eigenvalue weighted by atomic mass is 10.2. The van der Waals surface area contributed by atoms with Gasteiger partial charge in [0.05, 0.1) is 12.6 Å². The molecule has 0 radical (unpaired) electrons. The first-order chi connectivity index (χ1) is 11.6. The Morgan fingerprint density at radius 3 is 2.54 bits per heavy atom. The van der Waals surface area contributed by atoms with Crippen LogP contribution in [0.3, 0.4) is 0 Å². The summed E-state index contributed by atoms with van der Waals surface area (Å²) in [6.45, 7) is 7.00. The number of amides is 1. The summed E-state index contributed by atoms with van der Waals surface area (Å²) in [4.78, 5) is 14.3. The van der Waals surface area contributed by atoms with Crippen LogP contribution in [-0.4, -0.2) is 25.1 Å². The van der Waals surface area contributed by atoms with Crippen molar-refractivity contribution in [2.75, 3.05) is 23.3 Å². The van der Waals surface area contributed by atoms with Gasteiger partial charge in [0.1, 0.15) is 5.75 Å². The zero-order valence-corrected chi connectivity index (χ0v) is 14.7. The summed E-state index contributed by atoms with van der Waals surface area (Å²) < 4.78 is 5.81. The molecular formula is C20H26N2O2. The minimum Gasteiger partial charge on any atom is -0.491 e. The standard InChI is InChI=1S/C20H26N2O2/c1-4-16(3)24-19-13-9-10-17(14-19)21-15-20(23)22(5-2)18-11-7-6-8-12-18/h6-14,16,21H,4-5,15H2,1-3H3. The summed E-state index contributed by atoms with van der Waals surface area (Å²) in [5.41, 5.74) is 1.80. The molecule has 0 heterocycles. The number of hydrogen-bond donors (Lipinski definition) is 1. The molecule has 0 aliphatic heterocycles. The maximum atomic E-state index is 12.5. The number of rotatable bonds is 8. The van der Waals surface area contributed by atoms with Crippen molar-refractivity contribution >= 4 is 17.3 Å². The number of carbonyl (C=O) groups is 1. The number of likely N-dealkylation sites (N-methyl/N-ethyl adjacent to an activating group) is 1. The molecule has 0 fully saturated rings. The summed E-state index contributed by atoms with van der Waals surface area (Å²) in [5, 5.41) is 3.19. The van der Waals surface area contributed by atoms with Gasteiger partial charge in [-0.15, -0.1) is 0 Å². The van der Waals surface area contributed by atoms with Gasteiger partial charge in [-0.3, -0.25) is 4.79 Å². The Morgan fingerprint density at radius 2 is 1.88 bits per heavy atom. The number of carbonyl (C=O) groups excluding carboxylic acids is 1. The van der Waals surface area contributed by atoms with Crippen molar-refractivity contribution in [3.05, 3.63) is 54.6 Å². The normalized spacial score (nSPS) is 11.6. The van der Waals surface area contributed by atoms with Crippen LogP contribution in [0.2, 0.25) is 0 Å². The van der Waals surface area contributed by atoms with Crippen molar-refractivity contribution in [1.29, 1.82) is 0 Å². The van der Waals surface area contributed by atoms with Gasteiger partial charge >= 0.3 is 0 Å². The van der Waals surface area contributed by atoms with Crippen LogP contribution in [0.25, 0.3) is 0 Å². The minimum atomic E-state index is 0.0388. The monoisotopic (exact) mass is 326 g/mol. The van der Waals surface area contributed by atoms with Crippen molar-refractivity contribution in [2.45, 2.75) is 33.3 Å². The highest BCUT2D eigenvalue weighted by atomic mass is 16.5. The van der Waals surface area contributed by atoms with Gasteiger partial charge in [-0.25, -0.2) is 0 Å². The molecule has 0 aromatic heterocycles. The van der Waals surface area contributed by atoms with Crippen LogP contribution in [0.4, 0.5) is 11.4 Å². The average Bonchev–Trinajstić information content (AvgIpc) is 2.62. The van der Waals surface area contributed by atoms with E-state index in [4.69, 9.17) is 4.74 Å². The van der Waals surface area contributed by atoms with Crippen molar-refractivity contribution in [1.82, 2.24) is 0 Å². The van der Waals surface area contributed by atoms with Crippen LogP contribution in [0.15, 0.2) is 54.6 Å². The van der Waals surface area contributed by atoms with Crippen molar-refractivity contribution in [3.8, 4) is 5.75 Å². The molecule has 0 saturated carbocycles. The molecule has 1 atom stereocenters. The van der Waals surface area contributed by atoms with Gasteiger partial charge in [-0.1, -0.05) is 31.2 Å². The Kier molecular flexibility index (Phi) is 6.67. The van der Waals surface area contributed by atoms with E-state index in [9.17, 15) is 4.79 Å². The first-order valence-corrected chi connectivity index (χ1v) is 8.50. The predicted molar refractivity (Wildman–Crippen MR) is 99.8 cm³/mol. The van der Waals surface area contributed by atoms with E-state index in [2.05, 4.69) is 12.2 Å². The third-order valence-electron chi connectivity index (χ3n) is 3.88. The zero-order valence-electron chi connectivity index (χ0n) is 14.7. The predicted octanol–water partition coefficient (Wildman–Crippen LogP) is 4.33. The van der Waals surface area contributed by atoms with Crippen LogP contribution in [0.1, 0.15) is 27.2 Å². The molecule has 1 unspecified atom stereocenters. The molecule has 128 valence electrons. The smallest absolute Gasteiger partial charge is 0.246 e. The van der Waals surface area contributed by atoms with Crippen molar-refractivity contribution in [2.24, 2.45) is 0 Å². The summed E-state index contributed by atoms with van der Waals surface area (Å²) in [6, 6.07) is 17.4.